The summed E-state index contributed by atoms with van der Waals surface area (Å²) in [7, 11) is -4.05. The standard InChI is InChI=1S/C23H34FN6O3S.C7H8O3S/c1-17(2)23(14-26-13-19-7-8-20(33-19)16-30(3,4)12-11-24)29-15-22(27-28-29)18-5-9-21(10-6-18)34(25,31)32;1-6-2-4-7(5-3-6)11(8,9)10/h5-10,15,17,23,26H,11-14,16H2,1-4H3,(H2,25,31,32);2-5H,1H3,(H,8,9,10)/q+1;/p-1/t23-;/m1./s1. The molecule has 0 aliphatic heterocycles. The van der Waals surface area contributed by atoms with Crippen LogP contribution in [-0.2, 0) is 33.2 Å². The van der Waals surface area contributed by atoms with Crippen molar-refractivity contribution in [3.8, 4) is 11.3 Å². The SMILES string of the molecule is CC(C)[C@@H](CNCc1ccc(C[N+](C)(C)CCF)o1)n1cc(-c2ccc(S(N)(=O)=O)cc2)nn1.Cc1ccc(S(=O)(=O)[O-])cc1. The van der Waals surface area contributed by atoms with Crippen molar-refractivity contribution in [3.63, 3.8) is 0 Å². The second-order valence-corrected chi connectivity index (χ2v) is 14.7. The average Bonchev–Trinajstić information content (AvgIpc) is 3.60. The highest BCUT2D eigenvalue weighted by Gasteiger charge is 2.20. The molecule has 12 nitrogen and oxygen atoms in total. The molecule has 2 aromatic carbocycles. The normalized spacial score (nSPS) is 13.0. The summed E-state index contributed by atoms with van der Waals surface area (Å²) in [5.74, 6) is 1.95. The number of rotatable bonds is 13. The van der Waals surface area contributed by atoms with Gasteiger partial charge in [0, 0.05) is 12.1 Å². The molecule has 0 aliphatic carbocycles. The number of alkyl halides is 1. The summed E-state index contributed by atoms with van der Waals surface area (Å²) >= 11 is 0. The Morgan fingerprint density at radius 1 is 0.978 bits per heavy atom. The number of aromatic nitrogens is 3. The minimum atomic E-state index is -4.27. The van der Waals surface area contributed by atoms with Gasteiger partial charge >= 0.3 is 0 Å². The first-order valence-electron chi connectivity index (χ1n) is 14.2. The topological polar surface area (TPSA) is 173 Å². The second kappa shape index (κ2) is 15.2. The summed E-state index contributed by atoms with van der Waals surface area (Å²) in [5, 5.41) is 17.1. The van der Waals surface area contributed by atoms with Crippen LogP contribution in [0.25, 0.3) is 11.3 Å². The van der Waals surface area contributed by atoms with Gasteiger partial charge in [0.25, 0.3) is 0 Å². The van der Waals surface area contributed by atoms with Gasteiger partial charge in [0.05, 0.1) is 42.7 Å². The fourth-order valence-corrected chi connectivity index (χ4v) is 5.39. The van der Waals surface area contributed by atoms with Gasteiger partial charge in [0.1, 0.15) is 41.3 Å². The van der Waals surface area contributed by atoms with Crippen LogP contribution in [0.5, 0.6) is 0 Å². The van der Waals surface area contributed by atoms with Gasteiger partial charge in [0.15, 0.2) is 5.76 Å². The maximum absolute atomic E-state index is 12.7. The summed E-state index contributed by atoms with van der Waals surface area (Å²) in [5.41, 5.74) is 2.33. The number of sulfonamides is 1. The fourth-order valence-electron chi connectivity index (χ4n) is 4.40. The predicted molar refractivity (Wildman–Crippen MR) is 167 cm³/mol. The molecule has 0 radical (unpaired) electrons. The molecule has 2 heterocycles. The molecule has 15 heteroatoms. The number of quaternary nitrogens is 1. The van der Waals surface area contributed by atoms with Crippen molar-refractivity contribution in [1.82, 2.24) is 20.3 Å². The molecular weight excluding hydrogens is 623 g/mol. The van der Waals surface area contributed by atoms with E-state index in [2.05, 4.69) is 29.5 Å². The Bertz CT molecular complexity index is 1740. The summed E-state index contributed by atoms with van der Waals surface area (Å²) in [4.78, 5) is -0.123. The first-order chi connectivity index (χ1) is 21.0. The Balaban J connectivity index is 0.000000423. The molecule has 4 rings (SSSR count). The lowest BCUT2D eigenvalue weighted by Crippen LogP contribution is -2.40. The van der Waals surface area contributed by atoms with Crippen molar-refractivity contribution in [1.29, 1.82) is 0 Å². The minimum absolute atomic E-state index is 0.0545. The van der Waals surface area contributed by atoms with Crippen LogP contribution in [0.15, 0.2) is 81.1 Å². The molecular formula is C30H41FN6O6S2. The second-order valence-electron chi connectivity index (χ2n) is 11.7. The van der Waals surface area contributed by atoms with Gasteiger partial charge in [-0.15, -0.1) is 5.10 Å². The van der Waals surface area contributed by atoms with Gasteiger partial charge in [-0.2, -0.15) is 0 Å². The number of primary sulfonamides is 1. The van der Waals surface area contributed by atoms with E-state index in [1.807, 2.05) is 44.0 Å². The predicted octanol–water partition coefficient (Wildman–Crippen LogP) is 3.62. The highest BCUT2D eigenvalue weighted by molar-refractivity contribution is 7.89. The van der Waals surface area contributed by atoms with E-state index in [0.29, 0.717) is 36.4 Å². The number of nitrogens with two attached hydrogens (primary N) is 1. The molecule has 1 atom stereocenters. The maximum atomic E-state index is 12.7. The Morgan fingerprint density at radius 2 is 1.58 bits per heavy atom. The van der Waals surface area contributed by atoms with Crippen LogP contribution in [0.2, 0.25) is 0 Å². The molecule has 0 aliphatic rings. The molecule has 246 valence electrons. The number of nitrogens with zero attached hydrogens (tertiary/aromatic N) is 4. The van der Waals surface area contributed by atoms with Gasteiger partial charge in [0.2, 0.25) is 10.0 Å². The van der Waals surface area contributed by atoms with Crippen LogP contribution in [0, 0.1) is 12.8 Å². The first-order valence-corrected chi connectivity index (χ1v) is 17.2. The molecule has 4 aromatic rings. The van der Waals surface area contributed by atoms with Crippen LogP contribution >= 0.6 is 0 Å². The molecule has 0 bridgehead atoms. The van der Waals surface area contributed by atoms with E-state index in [1.54, 1.807) is 24.3 Å². The van der Waals surface area contributed by atoms with E-state index in [1.165, 1.54) is 24.3 Å². The monoisotopic (exact) mass is 664 g/mol. The molecule has 0 fully saturated rings. The Labute approximate surface area is 264 Å². The highest BCUT2D eigenvalue weighted by atomic mass is 32.2. The largest absolute Gasteiger partial charge is 0.744 e. The van der Waals surface area contributed by atoms with Crippen molar-refractivity contribution in [2.75, 3.05) is 33.9 Å². The number of aryl methyl sites for hydroxylation is 1. The van der Waals surface area contributed by atoms with Crippen LogP contribution in [-0.4, -0.2) is 74.7 Å². The molecule has 0 spiro atoms. The van der Waals surface area contributed by atoms with E-state index in [0.717, 1.165) is 22.6 Å². The van der Waals surface area contributed by atoms with Gasteiger partial charge in [-0.3, -0.25) is 0 Å². The van der Waals surface area contributed by atoms with E-state index in [4.69, 9.17) is 9.56 Å². The lowest BCUT2D eigenvalue weighted by Gasteiger charge is -2.27. The van der Waals surface area contributed by atoms with Crippen LogP contribution < -0.4 is 10.5 Å². The fraction of sp³-hybridized carbons (Fsp3) is 0.400. The van der Waals surface area contributed by atoms with Gasteiger partial charge in [-0.25, -0.2) is 31.0 Å². The van der Waals surface area contributed by atoms with Crippen molar-refractivity contribution >= 4 is 20.1 Å². The van der Waals surface area contributed by atoms with Crippen LogP contribution in [0.4, 0.5) is 4.39 Å². The van der Waals surface area contributed by atoms with Crippen molar-refractivity contribution < 1.29 is 34.7 Å². The van der Waals surface area contributed by atoms with Crippen molar-refractivity contribution in [2.24, 2.45) is 11.1 Å². The molecule has 0 amide bonds. The highest BCUT2D eigenvalue weighted by Crippen LogP contribution is 2.22. The molecule has 2 aromatic heterocycles. The smallest absolute Gasteiger partial charge is 0.238 e. The lowest BCUT2D eigenvalue weighted by atomic mass is 10.0. The maximum Gasteiger partial charge on any atom is 0.238 e. The van der Waals surface area contributed by atoms with Crippen LogP contribution in [0.1, 0.15) is 37.0 Å². The first kappa shape index (κ1) is 36.0. The molecule has 0 saturated carbocycles. The number of halogens is 1. The molecule has 45 heavy (non-hydrogen) atoms. The van der Waals surface area contributed by atoms with Gasteiger partial charge < -0.3 is 18.8 Å². The zero-order valence-corrected chi connectivity index (χ0v) is 27.7. The summed E-state index contributed by atoms with van der Waals surface area (Å²) in [6, 6.07) is 16.0. The van der Waals surface area contributed by atoms with Crippen molar-refractivity contribution in [3.05, 3.63) is 83.9 Å². The molecule has 0 saturated heterocycles. The molecule has 0 unspecified atom stereocenters. The zero-order valence-electron chi connectivity index (χ0n) is 26.1. The summed E-state index contributed by atoms with van der Waals surface area (Å²) < 4.78 is 75.1. The van der Waals surface area contributed by atoms with Crippen LogP contribution in [0.3, 0.4) is 0 Å². The zero-order chi connectivity index (χ0) is 33.4. The van der Waals surface area contributed by atoms with Crippen molar-refractivity contribution in [2.45, 2.75) is 49.7 Å². The Hall–Kier alpha value is -3.47. The number of furan rings is 1. The Morgan fingerprint density at radius 3 is 2.13 bits per heavy atom. The lowest BCUT2D eigenvalue weighted by molar-refractivity contribution is -0.904. The van der Waals surface area contributed by atoms with Gasteiger partial charge in [-0.05, 0) is 49.2 Å². The minimum Gasteiger partial charge on any atom is -0.744 e. The average molecular weight is 665 g/mol. The Kier molecular flexibility index (Phi) is 12.2. The third kappa shape index (κ3) is 11.1. The quantitative estimate of drug-likeness (QED) is 0.160. The van der Waals surface area contributed by atoms with E-state index in [9.17, 15) is 25.8 Å². The third-order valence-corrected chi connectivity index (χ3v) is 8.83. The van der Waals surface area contributed by atoms with E-state index < -0.39 is 20.1 Å². The third-order valence-electron chi connectivity index (χ3n) is 7.05. The number of hydrogen-bond donors (Lipinski definition) is 2. The summed E-state index contributed by atoms with van der Waals surface area (Å²) in [6.07, 6.45) is 1.86. The van der Waals surface area contributed by atoms with Gasteiger partial charge in [-0.1, -0.05) is 48.9 Å². The van der Waals surface area contributed by atoms with E-state index >= 15 is 0 Å². The molecule has 3 N–H and O–H groups in total. The number of nitrogens with one attached hydrogen (secondary N) is 1. The summed E-state index contributed by atoms with van der Waals surface area (Å²) in [6.45, 7) is 8.00. The number of benzene rings is 2. The number of hydrogen-bond acceptors (Lipinski definition) is 9. The van der Waals surface area contributed by atoms with E-state index in [-0.39, 0.29) is 28.4 Å².